The number of ether oxygens (including phenoxy) is 2. The molecule has 8 heteroatoms. The van der Waals surface area contributed by atoms with E-state index in [0.717, 1.165) is 33.4 Å². The van der Waals surface area contributed by atoms with Crippen LogP contribution in [0.2, 0.25) is 0 Å². The molecule has 1 aliphatic heterocycles. The number of benzene rings is 2. The monoisotopic (exact) mass is 422 g/mol. The summed E-state index contributed by atoms with van der Waals surface area (Å²) in [5, 5.41) is 1.08. The van der Waals surface area contributed by atoms with Crippen molar-refractivity contribution in [3.63, 3.8) is 0 Å². The van der Waals surface area contributed by atoms with E-state index in [1.807, 2.05) is 55.5 Å². The van der Waals surface area contributed by atoms with Gasteiger partial charge < -0.3 is 18.7 Å². The molecule has 0 bridgehead atoms. The lowest BCUT2D eigenvalue weighted by Crippen LogP contribution is -2.22. The molecule has 1 amide bonds. The van der Waals surface area contributed by atoms with Crippen molar-refractivity contribution in [3.8, 4) is 23.0 Å². The van der Waals surface area contributed by atoms with Crippen molar-refractivity contribution in [2.45, 2.75) is 26.3 Å². The third-order valence-electron chi connectivity index (χ3n) is 4.87. The average Bonchev–Trinajstić information content (AvgIpc) is 3.30. The number of hydrogen-bond donors (Lipinski definition) is 0. The third-order valence-corrected chi connectivity index (χ3v) is 4.87. The second-order valence-electron chi connectivity index (χ2n) is 7.06. The van der Waals surface area contributed by atoms with Gasteiger partial charge in [0.2, 0.25) is 5.89 Å². The van der Waals surface area contributed by atoms with Gasteiger partial charge in [-0.15, -0.1) is 0 Å². The fraction of sp³-hybridized carbons (Fsp3) is 0.261. The van der Waals surface area contributed by atoms with Gasteiger partial charge in [-0.1, -0.05) is 12.1 Å². The summed E-state index contributed by atoms with van der Waals surface area (Å²) in [4.78, 5) is 32.2. The molecule has 3 aromatic rings. The Morgan fingerprint density at radius 3 is 2.39 bits per heavy atom. The number of methoxy groups -OCH3 is 1. The van der Waals surface area contributed by atoms with Gasteiger partial charge in [-0.2, -0.15) is 5.06 Å². The van der Waals surface area contributed by atoms with Gasteiger partial charge >= 0.3 is 5.97 Å². The lowest BCUT2D eigenvalue weighted by atomic mass is 10.2. The van der Waals surface area contributed by atoms with Gasteiger partial charge in [0, 0.05) is 12.0 Å². The fourth-order valence-electron chi connectivity index (χ4n) is 3.18. The number of aryl methyl sites for hydroxylation is 1. The predicted molar refractivity (Wildman–Crippen MR) is 110 cm³/mol. The van der Waals surface area contributed by atoms with Crippen LogP contribution < -0.4 is 9.47 Å². The Hall–Kier alpha value is -3.81. The Labute approximate surface area is 179 Å². The molecule has 31 heavy (non-hydrogen) atoms. The smallest absolute Gasteiger partial charge is 0.342 e. The zero-order valence-electron chi connectivity index (χ0n) is 17.3. The first-order chi connectivity index (χ1) is 15.0. The molecule has 8 nitrogen and oxygen atoms in total. The summed E-state index contributed by atoms with van der Waals surface area (Å²) in [7, 11) is 1.63. The van der Waals surface area contributed by atoms with Gasteiger partial charge in [0.1, 0.15) is 23.7 Å². The van der Waals surface area contributed by atoms with Crippen LogP contribution in [0.15, 0.2) is 52.9 Å². The van der Waals surface area contributed by atoms with Crippen LogP contribution in [-0.4, -0.2) is 35.6 Å². The van der Waals surface area contributed by atoms with Crippen LogP contribution >= 0.6 is 0 Å². The predicted octanol–water partition coefficient (Wildman–Crippen LogP) is 3.47. The van der Waals surface area contributed by atoms with E-state index in [9.17, 15) is 9.59 Å². The number of oxazole rings is 1. The van der Waals surface area contributed by atoms with Gasteiger partial charge in [-0.3, -0.25) is 4.79 Å². The minimum absolute atomic E-state index is 0.206. The number of nitrogens with zero attached hydrogens (tertiary/aromatic N) is 2. The van der Waals surface area contributed by atoms with Gasteiger partial charge in [-0.25, -0.2) is 9.78 Å². The first-order valence-corrected chi connectivity index (χ1v) is 9.85. The number of amides is 1. The topological polar surface area (TPSA) is 91.1 Å². The van der Waals surface area contributed by atoms with Gasteiger partial charge in [0.15, 0.2) is 0 Å². The van der Waals surface area contributed by atoms with Gasteiger partial charge in [0.25, 0.3) is 5.91 Å². The van der Waals surface area contributed by atoms with Crippen LogP contribution in [0, 0.1) is 6.92 Å². The second-order valence-corrected chi connectivity index (χ2v) is 7.06. The van der Waals surface area contributed by atoms with E-state index < -0.39 is 5.97 Å². The lowest BCUT2D eigenvalue weighted by molar-refractivity contribution is -0.180. The maximum absolute atomic E-state index is 11.6. The van der Waals surface area contributed by atoms with Gasteiger partial charge in [0.05, 0.1) is 26.0 Å². The quantitative estimate of drug-likeness (QED) is 0.513. The molecule has 0 atom stereocenters. The van der Waals surface area contributed by atoms with Crippen molar-refractivity contribution in [2.75, 3.05) is 13.7 Å². The molecule has 1 fully saturated rings. The van der Waals surface area contributed by atoms with E-state index in [4.69, 9.17) is 18.7 Å². The molecule has 160 valence electrons. The second kappa shape index (κ2) is 8.91. The van der Waals surface area contributed by atoms with E-state index in [-0.39, 0.29) is 18.9 Å². The Balaban J connectivity index is 1.30. The van der Waals surface area contributed by atoms with E-state index in [1.54, 1.807) is 7.11 Å². The third kappa shape index (κ3) is 4.85. The molecule has 0 N–H and O–H groups in total. The van der Waals surface area contributed by atoms with Crippen molar-refractivity contribution in [1.29, 1.82) is 0 Å². The zero-order chi connectivity index (χ0) is 21.8. The number of carbonyl (C=O) groups is 2. The summed E-state index contributed by atoms with van der Waals surface area (Å²) in [6.45, 7) is 2.55. The minimum Gasteiger partial charge on any atom is -0.497 e. The molecule has 2 heterocycles. The van der Waals surface area contributed by atoms with Crippen molar-refractivity contribution in [1.82, 2.24) is 10.0 Å². The molecular weight excluding hydrogens is 400 g/mol. The highest BCUT2D eigenvalue weighted by molar-refractivity contribution is 5.98. The number of rotatable bonds is 8. The molecule has 0 unspecified atom stereocenters. The molecule has 1 saturated heterocycles. The standard InChI is InChI=1S/C23H22N2O6/c1-15-20(24-23(30-15)17-5-9-18(28-2)10-6-17)11-12-29-19-7-3-16(4-8-19)14-25-21(26)13-22(27)31-25/h3-10H,11-14H2,1-2H3. The molecule has 0 aliphatic carbocycles. The number of carbonyl (C=O) groups excluding carboxylic acids is 2. The average molecular weight is 422 g/mol. The first kappa shape index (κ1) is 20.5. The maximum atomic E-state index is 11.6. The molecule has 2 aromatic carbocycles. The lowest BCUT2D eigenvalue weighted by Gasteiger charge is -2.13. The maximum Gasteiger partial charge on any atom is 0.342 e. The van der Waals surface area contributed by atoms with Crippen LogP contribution in [0.5, 0.6) is 11.5 Å². The van der Waals surface area contributed by atoms with Crippen LogP contribution in [0.4, 0.5) is 0 Å². The SMILES string of the molecule is COc1ccc(-c2nc(CCOc3ccc(CN4OC(=O)CC4=O)cc3)c(C)o2)cc1. The highest BCUT2D eigenvalue weighted by atomic mass is 16.7. The summed E-state index contributed by atoms with van der Waals surface area (Å²) in [5.74, 6) is 1.95. The van der Waals surface area contributed by atoms with Crippen LogP contribution in [0.1, 0.15) is 23.4 Å². The van der Waals surface area contributed by atoms with Crippen LogP contribution in [0.25, 0.3) is 11.5 Å². The Morgan fingerprint density at radius 2 is 1.74 bits per heavy atom. The minimum atomic E-state index is -0.525. The summed E-state index contributed by atoms with van der Waals surface area (Å²) >= 11 is 0. The molecule has 0 spiro atoms. The van der Waals surface area contributed by atoms with E-state index in [2.05, 4.69) is 4.98 Å². The largest absolute Gasteiger partial charge is 0.497 e. The van der Waals surface area contributed by atoms with Crippen LogP contribution in [-0.2, 0) is 27.4 Å². The number of hydroxylamine groups is 2. The summed E-state index contributed by atoms with van der Waals surface area (Å²) < 4.78 is 16.8. The fourth-order valence-corrected chi connectivity index (χ4v) is 3.18. The molecule has 4 rings (SSSR count). The number of hydrogen-bond acceptors (Lipinski definition) is 7. The van der Waals surface area contributed by atoms with Crippen molar-refractivity contribution in [3.05, 3.63) is 65.5 Å². The molecule has 1 aliphatic rings. The van der Waals surface area contributed by atoms with E-state index in [0.29, 0.717) is 24.7 Å². The Bertz CT molecular complexity index is 1070. The molecule has 0 radical (unpaired) electrons. The summed E-state index contributed by atoms with van der Waals surface area (Å²) in [6.07, 6.45) is 0.397. The number of aromatic nitrogens is 1. The highest BCUT2D eigenvalue weighted by Crippen LogP contribution is 2.24. The summed E-state index contributed by atoms with van der Waals surface area (Å²) in [6, 6.07) is 14.8. The molecule has 0 saturated carbocycles. The molecule has 1 aromatic heterocycles. The Kier molecular flexibility index (Phi) is 5.88. The van der Waals surface area contributed by atoms with Crippen molar-refractivity contribution >= 4 is 11.9 Å². The van der Waals surface area contributed by atoms with Crippen molar-refractivity contribution in [2.24, 2.45) is 0 Å². The Morgan fingerprint density at radius 1 is 1.03 bits per heavy atom. The first-order valence-electron chi connectivity index (χ1n) is 9.85. The van der Waals surface area contributed by atoms with E-state index in [1.165, 1.54) is 0 Å². The van der Waals surface area contributed by atoms with Crippen LogP contribution in [0.3, 0.4) is 0 Å². The normalized spacial score (nSPS) is 13.4. The van der Waals surface area contributed by atoms with Gasteiger partial charge in [-0.05, 0) is 48.9 Å². The summed E-state index contributed by atoms with van der Waals surface area (Å²) in [5.41, 5.74) is 2.57. The van der Waals surface area contributed by atoms with E-state index >= 15 is 0 Å². The van der Waals surface area contributed by atoms with Crippen molar-refractivity contribution < 1.29 is 28.3 Å². The molecular formula is C23H22N2O6. The zero-order valence-corrected chi connectivity index (χ0v) is 17.3. The highest BCUT2D eigenvalue weighted by Gasteiger charge is 2.29.